The molecule has 0 aliphatic carbocycles. The van der Waals surface area contributed by atoms with Crippen LogP contribution in [0.2, 0.25) is 5.02 Å². The van der Waals surface area contributed by atoms with Gasteiger partial charge >= 0.3 is 0 Å². The van der Waals surface area contributed by atoms with Crippen LogP contribution in [0.3, 0.4) is 0 Å². The number of fused-ring (bicyclic) bond motifs is 1. The van der Waals surface area contributed by atoms with Crippen LogP contribution in [0.15, 0.2) is 42.5 Å². The minimum atomic E-state index is -0.140. The summed E-state index contributed by atoms with van der Waals surface area (Å²) >= 11 is 5.97. The van der Waals surface area contributed by atoms with Gasteiger partial charge in [-0.1, -0.05) is 29.8 Å². The van der Waals surface area contributed by atoms with Gasteiger partial charge in [0.15, 0.2) is 0 Å². The highest BCUT2D eigenvalue weighted by Gasteiger charge is 2.22. The molecule has 0 saturated carbocycles. The van der Waals surface area contributed by atoms with Crippen LogP contribution in [0.5, 0.6) is 5.75 Å². The highest BCUT2D eigenvalue weighted by molar-refractivity contribution is 6.30. The van der Waals surface area contributed by atoms with Crippen LogP contribution >= 0.6 is 11.6 Å². The molecule has 1 unspecified atom stereocenters. The summed E-state index contributed by atoms with van der Waals surface area (Å²) in [6, 6.07) is 12.6. The second-order valence-electron chi connectivity index (χ2n) is 5.24. The lowest BCUT2D eigenvalue weighted by atomic mass is 10.1. The molecule has 1 aliphatic heterocycles. The molecule has 0 radical (unpaired) electrons. The van der Waals surface area contributed by atoms with Gasteiger partial charge in [0.1, 0.15) is 17.7 Å². The van der Waals surface area contributed by atoms with Crippen LogP contribution in [0, 0.1) is 5.82 Å². The molecule has 0 amide bonds. The van der Waals surface area contributed by atoms with Gasteiger partial charge in [-0.3, -0.25) is 0 Å². The first-order valence-corrected chi connectivity index (χ1v) is 7.49. The summed E-state index contributed by atoms with van der Waals surface area (Å²) in [5, 5.41) is 4.07. The van der Waals surface area contributed by atoms with Gasteiger partial charge in [-0.05, 0) is 48.4 Å². The van der Waals surface area contributed by atoms with Gasteiger partial charge in [0, 0.05) is 18.0 Å². The zero-order valence-electron chi connectivity index (χ0n) is 11.6. The minimum Gasteiger partial charge on any atom is -0.488 e. The summed E-state index contributed by atoms with van der Waals surface area (Å²) in [7, 11) is 0. The lowest BCUT2D eigenvalue weighted by molar-refractivity contribution is 0.228. The molecule has 21 heavy (non-hydrogen) atoms. The number of benzene rings is 2. The Kier molecular flexibility index (Phi) is 4.42. The largest absolute Gasteiger partial charge is 0.488 e. The third-order valence-electron chi connectivity index (χ3n) is 3.66. The number of rotatable bonds is 5. The Morgan fingerprint density at radius 2 is 2.10 bits per heavy atom. The molecule has 1 heterocycles. The summed E-state index contributed by atoms with van der Waals surface area (Å²) in [6.45, 7) is 1.48. The third-order valence-corrected chi connectivity index (χ3v) is 3.90. The highest BCUT2D eigenvalue weighted by atomic mass is 35.5. The molecular formula is C17H17ClFNO. The molecule has 2 nitrogen and oxygen atoms in total. The van der Waals surface area contributed by atoms with E-state index in [0.29, 0.717) is 6.42 Å². The molecular weight excluding hydrogens is 289 g/mol. The molecule has 4 heteroatoms. The van der Waals surface area contributed by atoms with Crippen molar-refractivity contribution in [2.45, 2.75) is 18.9 Å². The molecule has 110 valence electrons. The van der Waals surface area contributed by atoms with E-state index in [2.05, 4.69) is 5.32 Å². The van der Waals surface area contributed by atoms with Crippen molar-refractivity contribution >= 4 is 11.6 Å². The van der Waals surface area contributed by atoms with E-state index in [-0.39, 0.29) is 11.9 Å². The van der Waals surface area contributed by atoms with E-state index in [0.717, 1.165) is 41.4 Å². The third kappa shape index (κ3) is 3.55. The lowest BCUT2D eigenvalue weighted by Gasteiger charge is -2.12. The van der Waals surface area contributed by atoms with Gasteiger partial charge in [-0.25, -0.2) is 4.39 Å². The van der Waals surface area contributed by atoms with Crippen molar-refractivity contribution in [2.24, 2.45) is 0 Å². The van der Waals surface area contributed by atoms with E-state index in [9.17, 15) is 4.39 Å². The first-order valence-electron chi connectivity index (χ1n) is 7.11. The summed E-state index contributed by atoms with van der Waals surface area (Å²) in [4.78, 5) is 0. The number of ether oxygens (including phenoxy) is 1. The quantitative estimate of drug-likeness (QED) is 0.852. The van der Waals surface area contributed by atoms with Crippen molar-refractivity contribution in [3.8, 4) is 5.75 Å². The van der Waals surface area contributed by atoms with Crippen LogP contribution < -0.4 is 10.1 Å². The Balaban J connectivity index is 1.44. The number of halogens is 2. The predicted molar refractivity (Wildman–Crippen MR) is 82.5 cm³/mol. The van der Waals surface area contributed by atoms with Crippen LogP contribution in [-0.4, -0.2) is 19.2 Å². The first kappa shape index (κ1) is 14.4. The molecule has 2 aromatic carbocycles. The van der Waals surface area contributed by atoms with E-state index >= 15 is 0 Å². The average molecular weight is 306 g/mol. The van der Waals surface area contributed by atoms with Crippen LogP contribution in [-0.2, 0) is 12.8 Å². The molecule has 3 rings (SSSR count). The van der Waals surface area contributed by atoms with E-state index in [1.54, 1.807) is 6.07 Å². The molecule has 0 spiro atoms. The number of hydrogen-bond donors (Lipinski definition) is 1. The Bertz CT molecular complexity index is 632. The summed E-state index contributed by atoms with van der Waals surface area (Å²) < 4.78 is 19.3. The number of hydrogen-bond acceptors (Lipinski definition) is 2. The van der Waals surface area contributed by atoms with Crippen molar-refractivity contribution in [1.29, 1.82) is 0 Å². The molecule has 0 fully saturated rings. The summed E-state index contributed by atoms with van der Waals surface area (Å²) in [5.74, 6) is 0.777. The topological polar surface area (TPSA) is 21.3 Å². The number of nitrogens with one attached hydrogen (secondary N) is 1. The molecule has 1 atom stereocenters. The Hall–Kier alpha value is -1.58. The van der Waals surface area contributed by atoms with Crippen LogP contribution in [0.1, 0.15) is 11.1 Å². The van der Waals surface area contributed by atoms with E-state index < -0.39 is 0 Å². The van der Waals surface area contributed by atoms with E-state index in [1.807, 2.05) is 30.3 Å². The zero-order valence-corrected chi connectivity index (χ0v) is 12.4. The fraction of sp³-hybridized carbons (Fsp3) is 0.294. The Morgan fingerprint density at radius 1 is 1.24 bits per heavy atom. The molecule has 0 aromatic heterocycles. The standard InChI is InChI=1S/C17H17ClFNO/c18-14-5-6-17-13(9-14)10-15(21-17)11-20-8-7-12-3-1-2-4-16(12)19/h1-6,9,15,20H,7-8,10-11H2. The molecule has 0 saturated heterocycles. The van der Waals surface area contributed by atoms with Crippen LogP contribution in [0.25, 0.3) is 0 Å². The normalized spacial score (nSPS) is 16.6. The molecule has 1 N–H and O–H groups in total. The maximum atomic E-state index is 13.5. The van der Waals surface area contributed by atoms with Crippen molar-refractivity contribution in [1.82, 2.24) is 5.32 Å². The molecule has 2 aromatic rings. The lowest BCUT2D eigenvalue weighted by Crippen LogP contribution is -2.31. The summed E-state index contributed by atoms with van der Waals surface area (Å²) in [6.07, 6.45) is 1.67. The molecule has 0 bridgehead atoms. The second-order valence-corrected chi connectivity index (χ2v) is 5.68. The van der Waals surface area contributed by atoms with Crippen molar-refractivity contribution in [3.05, 3.63) is 64.4 Å². The maximum Gasteiger partial charge on any atom is 0.126 e. The van der Waals surface area contributed by atoms with Gasteiger partial charge in [-0.2, -0.15) is 0 Å². The molecule has 1 aliphatic rings. The Labute approximate surface area is 128 Å². The average Bonchev–Trinajstić information content (AvgIpc) is 2.87. The van der Waals surface area contributed by atoms with Gasteiger partial charge in [0.25, 0.3) is 0 Å². The second kappa shape index (κ2) is 6.46. The monoisotopic (exact) mass is 305 g/mol. The van der Waals surface area contributed by atoms with Gasteiger partial charge in [-0.15, -0.1) is 0 Å². The van der Waals surface area contributed by atoms with E-state index in [4.69, 9.17) is 16.3 Å². The van der Waals surface area contributed by atoms with Gasteiger partial charge in [0.05, 0.1) is 0 Å². The van der Waals surface area contributed by atoms with Crippen molar-refractivity contribution in [2.75, 3.05) is 13.1 Å². The fourth-order valence-corrected chi connectivity index (χ4v) is 2.78. The van der Waals surface area contributed by atoms with Crippen molar-refractivity contribution < 1.29 is 9.13 Å². The predicted octanol–water partition coefficient (Wildman–Crippen LogP) is 3.61. The SMILES string of the molecule is Fc1ccccc1CCNCC1Cc2cc(Cl)ccc2O1. The highest BCUT2D eigenvalue weighted by Crippen LogP contribution is 2.30. The zero-order chi connectivity index (χ0) is 14.7. The first-order chi connectivity index (χ1) is 10.2. The van der Waals surface area contributed by atoms with Gasteiger partial charge < -0.3 is 10.1 Å². The van der Waals surface area contributed by atoms with Gasteiger partial charge in [0.2, 0.25) is 0 Å². The fourth-order valence-electron chi connectivity index (χ4n) is 2.59. The summed E-state index contributed by atoms with van der Waals surface area (Å²) in [5.41, 5.74) is 1.90. The van der Waals surface area contributed by atoms with E-state index in [1.165, 1.54) is 6.07 Å². The minimum absolute atomic E-state index is 0.124. The van der Waals surface area contributed by atoms with Crippen molar-refractivity contribution in [3.63, 3.8) is 0 Å². The maximum absolute atomic E-state index is 13.5. The Morgan fingerprint density at radius 3 is 2.95 bits per heavy atom. The smallest absolute Gasteiger partial charge is 0.126 e. The van der Waals surface area contributed by atoms with Crippen LogP contribution in [0.4, 0.5) is 4.39 Å².